The number of benzene rings is 3. The van der Waals surface area contributed by atoms with Crippen LogP contribution in [-0.4, -0.2) is 46.8 Å². The van der Waals surface area contributed by atoms with Gasteiger partial charge in [-0.25, -0.2) is 0 Å². The average molecular weight is 566 g/mol. The topological polar surface area (TPSA) is 119 Å². The van der Waals surface area contributed by atoms with Gasteiger partial charge in [0.2, 0.25) is 5.91 Å². The quantitative estimate of drug-likeness (QED) is 0.266. The second-order valence-corrected chi connectivity index (χ2v) is 10.4. The molecule has 0 unspecified atom stereocenters. The van der Waals surface area contributed by atoms with E-state index in [0.29, 0.717) is 30.0 Å². The highest BCUT2D eigenvalue weighted by Gasteiger charge is 2.46. The Labute approximate surface area is 243 Å². The van der Waals surface area contributed by atoms with Crippen molar-refractivity contribution in [2.24, 2.45) is 0 Å². The smallest absolute Gasteiger partial charge is 0.257 e. The van der Waals surface area contributed by atoms with Gasteiger partial charge < -0.3 is 30.0 Å². The molecule has 0 radical (unpaired) electrons. The van der Waals surface area contributed by atoms with E-state index in [1.807, 2.05) is 66.7 Å². The molecule has 0 bridgehead atoms. The molecule has 2 aliphatic heterocycles. The van der Waals surface area contributed by atoms with Crippen molar-refractivity contribution < 1.29 is 28.9 Å². The first kappa shape index (κ1) is 27.4. The van der Waals surface area contributed by atoms with Gasteiger partial charge in [0.25, 0.3) is 5.91 Å². The summed E-state index contributed by atoms with van der Waals surface area (Å²) in [6.45, 7) is 0.147. The minimum absolute atomic E-state index is 0.0869. The third-order valence-electron chi connectivity index (χ3n) is 7.49. The zero-order valence-corrected chi connectivity index (χ0v) is 22.8. The van der Waals surface area contributed by atoms with Gasteiger partial charge >= 0.3 is 0 Å². The molecule has 2 amide bonds. The van der Waals surface area contributed by atoms with E-state index in [-0.39, 0.29) is 36.9 Å². The van der Waals surface area contributed by atoms with Gasteiger partial charge in [-0.2, -0.15) is 0 Å². The molecule has 42 heavy (non-hydrogen) atoms. The Bertz CT molecular complexity index is 1530. The van der Waals surface area contributed by atoms with Crippen LogP contribution in [0.1, 0.15) is 40.2 Å². The molecule has 1 aromatic heterocycles. The first-order valence-corrected chi connectivity index (χ1v) is 13.9. The molecule has 4 atom stereocenters. The predicted molar refractivity (Wildman–Crippen MR) is 156 cm³/mol. The van der Waals surface area contributed by atoms with E-state index in [4.69, 9.17) is 14.2 Å². The molecular weight excluding hydrogens is 534 g/mol. The molecule has 3 N–H and O–H groups in total. The number of anilines is 1. The summed E-state index contributed by atoms with van der Waals surface area (Å²) < 4.78 is 18.1. The van der Waals surface area contributed by atoms with E-state index in [9.17, 15) is 14.7 Å². The highest BCUT2D eigenvalue weighted by molar-refractivity contribution is 6.04. The molecule has 1 fully saturated rings. The Morgan fingerprint density at radius 1 is 0.976 bits per heavy atom. The second-order valence-electron chi connectivity index (χ2n) is 10.4. The van der Waals surface area contributed by atoms with Crippen LogP contribution in [0.5, 0.6) is 17.2 Å². The van der Waals surface area contributed by atoms with Crippen molar-refractivity contribution in [2.75, 3.05) is 11.9 Å². The maximum absolute atomic E-state index is 12.9. The lowest BCUT2D eigenvalue weighted by Gasteiger charge is -2.37. The second kappa shape index (κ2) is 12.4. The molecule has 6 rings (SSSR count). The molecule has 1 saturated heterocycles. The fourth-order valence-corrected chi connectivity index (χ4v) is 5.45. The molecule has 3 aromatic carbocycles. The van der Waals surface area contributed by atoms with Crippen LogP contribution in [0.3, 0.4) is 0 Å². The van der Waals surface area contributed by atoms with E-state index in [0.717, 1.165) is 22.6 Å². The van der Waals surface area contributed by atoms with Crippen LogP contribution in [0, 0.1) is 0 Å². The Morgan fingerprint density at radius 2 is 1.79 bits per heavy atom. The molecule has 0 saturated carbocycles. The number of nitrogens with zero attached hydrogens (tertiary/aromatic N) is 1. The minimum atomic E-state index is -0.570. The number of hydrogen-bond donors (Lipinski definition) is 3. The molecule has 2 aliphatic rings. The maximum atomic E-state index is 12.9. The van der Waals surface area contributed by atoms with Crippen LogP contribution >= 0.6 is 0 Å². The molecule has 9 heteroatoms. The van der Waals surface area contributed by atoms with Crippen LogP contribution < -0.4 is 20.1 Å². The normalized spacial score (nSPS) is 20.5. The van der Waals surface area contributed by atoms with Crippen molar-refractivity contribution in [3.8, 4) is 17.2 Å². The number of fused-ring (bicyclic) bond motifs is 3. The van der Waals surface area contributed by atoms with Gasteiger partial charge in [-0.05, 0) is 66.6 Å². The van der Waals surface area contributed by atoms with E-state index in [1.165, 1.54) is 6.20 Å². The van der Waals surface area contributed by atoms with Crippen LogP contribution in [0.25, 0.3) is 0 Å². The summed E-state index contributed by atoms with van der Waals surface area (Å²) in [5, 5.41) is 15.9. The fourth-order valence-electron chi connectivity index (χ4n) is 5.45. The number of nitrogens with one attached hydrogen (secondary N) is 2. The van der Waals surface area contributed by atoms with E-state index in [2.05, 4.69) is 15.6 Å². The number of amides is 2. The van der Waals surface area contributed by atoms with E-state index < -0.39 is 12.2 Å². The third kappa shape index (κ3) is 6.27. The molecule has 9 nitrogen and oxygen atoms in total. The Balaban J connectivity index is 1.06. The predicted octanol–water partition coefficient (Wildman–Crippen LogP) is 4.83. The van der Waals surface area contributed by atoms with E-state index in [1.54, 1.807) is 24.4 Å². The number of rotatable bonds is 9. The largest absolute Gasteiger partial charge is 0.487 e. The SMILES string of the molecule is O=C(C[C@@H]1C[C@@H]2c3cc(NC(=O)c4cccnc4)ccc3O[C@@H]2[C@@H](CO)O1)NCc1ccc(Oc2ccccc2)cc1. The van der Waals surface area contributed by atoms with Crippen molar-refractivity contribution in [2.45, 2.75) is 43.6 Å². The average Bonchev–Trinajstić information content (AvgIpc) is 3.39. The van der Waals surface area contributed by atoms with Gasteiger partial charge in [-0.15, -0.1) is 0 Å². The molecule has 3 heterocycles. The minimum Gasteiger partial charge on any atom is -0.487 e. The van der Waals surface area contributed by atoms with Crippen LogP contribution in [0.4, 0.5) is 5.69 Å². The van der Waals surface area contributed by atoms with Gasteiger partial charge in [-0.1, -0.05) is 30.3 Å². The van der Waals surface area contributed by atoms with Crippen LogP contribution in [0.2, 0.25) is 0 Å². The summed E-state index contributed by atoms with van der Waals surface area (Å²) in [6.07, 6.45) is 2.49. The fraction of sp³-hybridized carbons (Fsp3) is 0.242. The Morgan fingerprint density at radius 3 is 2.55 bits per heavy atom. The molecule has 0 aliphatic carbocycles. The van der Waals surface area contributed by atoms with Crippen molar-refractivity contribution >= 4 is 17.5 Å². The summed E-state index contributed by atoms with van der Waals surface area (Å²) >= 11 is 0. The summed E-state index contributed by atoms with van der Waals surface area (Å²) in [5.74, 6) is 1.68. The zero-order chi connectivity index (χ0) is 28.9. The summed E-state index contributed by atoms with van der Waals surface area (Å²) in [4.78, 5) is 29.5. The lowest BCUT2D eigenvalue weighted by molar-refractivity contribution is -0.142. The van der Waals surface area contributed by atoms with Crippen molar-refractivity contribution in [1.82, 2.24) is 10.3 Å². The first-order valence-electron chi connectivity index (χ1n) is 13.9. The van der Waals surface area contributed by atoms with Crippen LogP contribution in [-0.2, 0) is 16.1 Å². The number of aromatic nitrogens is 1. The zero-order valence-electron chi connectivity index (χ0n) is 22.8. The van der Waals surface area contributed by atoms with Gasteiger partial charge in [0.15, 0.2) is 0 Å². The molecular formula is C33H31N3O6. The summed E-state index contributed by atoms with van der Waals surface area (Å²) in [5.41, 5.74) is 2.96. The van der Waals surface area contributed by atoms with Gasteiger partial charge in [0.05, 0.1) is 24.7 Å². The first-order chi connectivity index (χ1) is 20.6. The van der Waals surface area contributed by atoms with E-state index >= 15 is 0 Å². The van der Waals surface area contributed by atoms with Gasteiger partial charge in [0.1, 0.15) is 29.5 Å². The highest BCUT2D eigenvalue weighted by atomic mass is 16.6. The van der Waals surface area contributed by atoms with Gasteiger partial charge in [-0.3, -0.25) is 14.6 Å². The number of ether oxygens (including phenoxy) is 3. The third-order valence-corrected chi connectivity index (χ3v) is 7.49. The monoisotopic (exact) mass is 565 g/mol. The Kier molecular flexibility index (Phi) is 8.12. The van der Waals surface area contributed by atoms with Crippen molar-refractivity contribution in [3.63, 3.8) is 0 Å². The summed E-state index contributed by atoms with van der Waals surface area (Å²) in [7, 11) is 0. The lowest BCUT2D eigenvalue weighted by atomic mass is 9.84. The number of aliphatic hydroxyl groups is 1. The molecule has 0 spiro atoms. The highest BCUT2D eigenvalue weighted by Crippen LogP contribution is 2.47. The molecule has 4 aromatic rings. The number of aliphatic hydroxyl groups excluding tert-OH is 1. The lowest BCUT2D eigenvalue weighted by Crippen LogP contribution is -2.47. The number of pyridine rings is 1. The number of carbonyl (C=O) groups is 2. The summed E-state index contributed by atoms with van der Waals surface area (Å²) in [6, 6.07) is 26.0. The number of carbonyl (C=O) groups excluding carboxylic acids is 2. The van der Waals surface area contributed by atoms with Crippen LogP contribution in [0.15, 0.2) is 97.3 Å². The molecule has 214 valence electrons. The number of hydrogen-bond acceptors (Lipinski definition) is 7. The number of para-hydroxylation sites is 1. The van der Waals surface area contributed by atoms with Gasteiger partial charge in [0, 0.05) is 36.1 Å². The van der Waals surface area contributed by atoms with Crippen molar-refractivity contribution in [3.05, 3.63) is 114 Å². The van der Waals surface area contributed by atoms with Crippen molar-refractivity contribution in [1.29, 1.82) is 0 Å². The standard InChI is InChI=1S/C33H31N3O6/c37-20-30-32-28(27-15-23(10-13-29(27)42-32)36-33(39)22-5-4-14-34-19-22)16-26(41-30)17-31(38)35-18-21-8-11-25(12-9-21)40-24-6-2-1-3-7-24/h1-15,19,26,28,30,32,37H,16-18,20H2,(H,35,38)(H,36,39)/t26-,28+,30+,32-/m0/s1. The Hall–Kier alpha value is -4.73. The maximum Gasteiger partial charge on any atom is 0.257 e.